The SMILES string of the molecule is COCCCC1CC1(CN)C(=O)O. The minimum Gasteiger partial charge on any atom is -0.481 e. The van der Waals surface area contributed by atoms with Gasteiger partial charge in [0.25, 0.3) is 0 Å². The normalized spacial score (nSPS) is 31.7. The summed E-state index contributed by atoms with van der Waals surface area (Å²) in [7, 11) is 1.65. The molecule has 4 heteroatoms. The van der Waals surface area contributed by atoms with Crippen LogP contribution in [0.2, 0.25) is 0 Å². The highest BCUT2D eigenvalue weighted by atomic mass is 16.5. The van der Waals surface area contributed by atoms with Crippen LogP contribution in [0.5, 0.6) is 0 Å². The van der Waals surface area contributed by atoms with Gasteiger partial charge in [-0.05, 0) is 25.2 Å². The summed E-state index contributed by atoms with van der Waals surface area (Å²) in [5.74, 6) is -0.470. The molecule has 1 aliphatic rings. The molecule has 4 nitrogen and oxygen atoms in total. The van der Waals surface area contributed by atoms with Crippen molar-refractivity contribution in [3.05, 3.63) is 0 Å². The van der Waals surface area contributed by atoms with E-state index in [0.29, 0.717) is 6.61 Å². The first-order valence-corrected chi connectivity index (χ1v) is 4.60. The summed E-state index contributed by atoms with van der Waals surface area (Å²) in [6.07, 6.45) is 2.58. The van der Waals surface area contributed by atoms with Crippen LogP contribution in [0.4, 0.5) is 0 Å². The topological polar surface area (TPSA) is 72.5 Å². The largest absolute Gasteiger partial charge is 0.481 e. The van der Waals surface area contributed by atoms with Crippen LogP contribution in [0.1, 0.15) is 19.3 Å². The maximum absolute atomic E-state index is 10.8. The second-order valence-electron chi connectivity index (χ2n) is 3.70. The average Bonchev–Trinajstić information content (AvgIpc) is 2.81. The molecule has 0 spiro atoms. The maximum Gasteiger partial charge on any atom is 0.311 e. The van der Waals surface area contributed by atoms with E-state index in [0.717, 1.165) is 19.3 Å². The summed E-state index contributed by atoms with van der Waals surface area (Å²) in [5.41, 5.74) is 4.85. The van der Waals surface area contributed by atoms with E-state index in [-0.39, 0.29) is 12.5 Å². The first kappa shape index (κ1) is 10.5. The minimum atomic E-state index is -0.739. The van der Waals surface area contributed by atoms with Crippen molar-refractivity contribution in [2.75, 3.05) is 20.3 Å². The molecule has 1 fully saturated rings. The summed E-state index contributed by atoms with van der Waals surface area (Å²) in [6, 6.07) is 0. The van der Waals surface area contributed by atoms with Crippen molar-refractivity contribution in [3.8, 4) is 0 Å². The van der Waals surface area contributed by atoms with E-state index in [2.05, 4.69) is 0 Å². The molecule has 0 aliphatic heterocycles. The summed E-state index contributed by atoms with van der Waals surface area (Å²) >= 11 is 0. The van der Waals surface area contributed by atoms with Gasteiger partial charge in [0.15, 0.2) is 0 Å². The molecule has 0 radical (unpaired) electrons. The van der Waals surface area contributed by atoms with Crippen LogP contribution in [-0.2, 0) is 9.53 Å². The van der Waals surface area contributed by atoms with E-state index in [4.69, 9.17) is 15.6 Å². The van der Waals surface area contributed by atoms with Crippen LogP contribution in [0.3, 0.4) is 0 Å². The molecule has 0 heterocycles. The van der Waals surface area contributed by atoms with Gasteiger partial charge in [-0.15, -0.1) is 0 Å². The van der Waals surface area contributed by atoms with E-state index >= 15 is 0 Å². The van der Waals surface area contributed by atoms with E-state index < -0.39 is 11.4 Å². The third-order valence-electron chi connectivity index (χ3n) is 2.92. The van der Waals surface area contributed by atoms with Gasteiger partial charge in [-0.2, -0.15) is 0 Å². The summed E-state index contributed by atoms with van der Waals surface area (Å²) in [4.78, 5) is 10.8. The number of aliphatic carboxylic acids is 1. The molecule has 0 aromatic rings. The van der Waals surface area contributed by atoms with Crippen LogP contribution in [0.15, 0.2) is 0 Å². The predicted octanol–water partition coefficient (Wildman–Crippen LogP) is 0.463. The molecule has 0 amide bonds. The van der Waals surface area contributed by atoms with Crippen LogP contribution in [0.25, 0.3) is 0 Å². The fraction of sp³-hybridized carbons (Fsp3) is 0.889. The summed E-state index contributed by atoms with van der Waals surface area (Å²) in [5, 5.41) is 8.92. The Morgan fingerprint density at radius 3 is 2.85 bits per heavy atom. The number of hydrogen-bond acceptors (Lipinski definition) is 3. The van der Waals surface area contributed by atoms with Crippen LogP contribution in [0, 0.1) is 11.3 Å². The fourth-order valence-corrected chi connectivity index (χ4v) is 1.83. The molecule has 1 saturated carbocycles. The highest BCUT2D eigenvalue weighted by Gasteiger charge is 2.58. The van der Waals surface area contributed by atoms with Gasteiger partial charge in [0.2, 0.25) is 0 Å². The van der Waals surface area contributed by atoms with Crippen molar-refractivity contribution in [3.63, 3.8) is 0 Å². The number of ether oxygens (including phenoxy) is 1. The Morgan fingerprint density at radius 1 is 1.77 bits per heavy atom. The zero-order valence-corrected chi connectivity index (χ0v) is 7.95. The summed E-state index contributed by atoms with van der Waals surface area (Å²) in [6.45, 7) is 0.969. The van der Waals surface area contributed by atoms with Crippen molar-refractivity contribution in [1.29, 1.82) is 0 Å². The van der Waals surface area contributed by atoms with Gasteiger partial charge in [0, 0.05) is 20.3 Å². The second-order valence-corrected chi connectivity index (χ2v) is 3.70. The molecule has 13 heavy (non-hydrogen) atoms. The highest BCUT2D eigenvalue weighted by molar-refractivity contribution is 5.78. The smallest absolute Gasteiger partial charge is 0.311 e. The number of hydrogen-bond donors (Lipinski definition) is 2. The predicted molar refractivity (Wildman–Crippen MR) is 48.3 cm³/mol. The maximum atomic E-state index is 10.8. The number of carboxylic acid groups (broad SMARTS) is 1. The van der Waals surface area contributed by atoms with Crippen molar-refractivity contribution < 1.29 is 14.6 Å². The molecule has 0 aromatic heterocycles. The lowest BCUT2D eigenvalue weighted by molar-refractivity contribution is -0.143. The van der Waals surface area contributed by atoms with Gasteiger partial charge in [0.05, 0.1) is 5.41 Å². The second kappa shape index (κ2) is 4.07. The van der Waals surface area contributed by atoms with Crippen LogP contribution < -0.4 is 5.73 Å². The Labute approximate surface area is 78.1 Å². The minimum absolute atomic E-state index is 0.264. The van der Waals surface area contributed by atoms with Crippen LogP contribution >= 0.6 is 0 Å². The van der Waals surface area contributed by atoms with Gasteiger partial charge in [-0.3, -0.25) is 4.79 Å². The van der Waals surface area contributed by atoms with E-state index in [9.17, 15) is 4.79 Å². The van der Waals surface area contributed by atoms with Gasteiger partial charge < -0.3 is 15.6 Å². The monoisotopic (exact) mass is 187 g/mol. The quantitative estimate of drug-likeness (QED) is 0.593. The first-order chi connectivity index (χ1) is 6.17. The molecular formula is C9H17NO3. The number of carbonyl (C=O) groups is 1. The Kier molecular flexibility index (Phi) is 3.27. The van der Waals surface area contributed by atoms with E-state index in [1.165, 1.54) is 0 Å². The molecule has 3 N–H and O–H groups in total. The molecular weight excluding hydrogens is 170 g/mol. The van der Waals surface area contributed by atoms with Gasteiger partial charge in [0.1, 0.15) is 0 Å². The molecule has 0 aromatic carbocycles. The average molecular weight is 187 g/mol. The highest BCUT2D eigenvalue weighted by Crippen LogP contribution is 2.54. The third kappa shape index (κ3) is 2.00. The molecule has 2 unspecified atom stereocenters. The van der Waals surface area contributed by atoms with Crippen molar-refractivity contribution in [2.45, 2.75) is 19.3 Å². The first-order valence-electron chi connectivity index (χ1n) is 4.60. The molecule has 0 saturated heterocycles. The number of nitrogens with two attached hydrogens (primary N) is 1. The Balaban J connectivity index is 2.29. The molecule has 1 rings (SSSR count). The van der Waals surface area contributed by atoms with Crippen molar-refractivity contribution in [2.24, 2.45) is 17.1 Å². The summed E-state index contributed by atoms with van der Waals surface area (Å²) < 4.78 is 4.90. The number of rotatable bonds is 6. The lowest BCUT2D eigenvalue weighted by atomic mass is 10.0. The number of carboxylic acids is 1. The lowest BCUT2D eigenvalue weighted by Gasteiger charge is -2.08. The standard InChI is InChI=1S/C9H17NO3/c1-13-4-2-3-7-5-9(7,6-10)8(11)12/h7H,2-6,10H2,1H3,(H,11,12). The Bertz CT molecular complexity index is 195. The zero-order valence-electron chi connectivity index (χ0n) is 7.95. The van der Waals surface area contributed by atoms with Gasteiger partial charge in [-0.1, -0.05) is 0 Å². The lowest BCUT2D eigenvalue weighted by Crippen LogP contribution is -2.27. The zero-order chi connectivity index (χ0) is 9.90. The Morgan fingerprint density at radius 2 is 2.46 bits per heavy atom. The van der Waals surface area contributed by atoms with Crippen LogP contribution in [-0.4, -0.2) is 31.3 Å². The van der Waals surface area contributed by atoms with E-state index in [1.54, 1.807) is 7.11 Å². The van der Waals surface area contributed by atoms with E-state index in [1.807, 2.05) is 0 Å². The third-order valence-corrected chi connectivity index (χ3v) is 2.92. The molecule has 1 aliphatic carbocycles. The molecule has 76 valence electrons. The van der Waals surface area contributed by atoms with Crippen molar-refractivity contribution >= 4 is 5.97 Å². The van der Waals surface area contributed by atoms with Gasteiger partial charge >= 0.3 is 5.97 Å². The molecule has 2 atom stereocenters. The van der Waals surface area contributed by atoms with Gasteiger partial charge in [-0.25, -0.2) is 0 Å². The Hall–Kier alpha value is -0.610. The number of methoxy groups -OCH3 is 1. The molecule has 0 bridgehead atoms. The fourth-order valence-electron chi connectivity index (χ4n) is 1.83. The van der Waals surface area contributed by atoms with Crippen molar-refractivity contribution in [1.82, 2.24) is 0 Å².